The summed E-state index contributed by atoms with van der Waals surface area (Å²) in [4.78, 5) is 27.9. The van der Waals surface area contributed by atoms with Gasteiger partial charge in [0.25, 0.3) is 17.7 Å². The third kappa shape index (κ3) is 4.11. The molecule has 2 aliphatic heterocycles. The van der Waals surface area contributed by atoms with Gasteiger partial charge < -0.3 is 14.5 Å². The van der Waals surface area contributed by atoms with Crippen LogP contribution in [0, 0.1) is 0 Å². The summed E-state index contributed by atoms with van der Waals surface area (Å²) in [6, 6.07) is 0.706. The average molecular weight is 409 g/mol. The van der Waals surface area contributed by atoms with Crippen LogP contribution in [0.5, 0.6) is 0 Å². The standard InChI is InChI=1S/C17H21F2N7O3/c1-23-3-2-13(21-23)16(28)26-11-17(18,19)8-12(26)9-25-10-14(20-22-25)15(27)24-4-6-29-7-5-24/h2-3,10,12H,4-9,11H2,1H3/t12-/m0/s1. The number of aromatic nitrogens is 5. The van der Waals surface area contributed by atoms with E-state index < -0.39 is 30.8 Å². The molecule has 0 radical (unpaired) electrons. The summed E-state index contributed by atoms with van der Waals surface area (Å²) in [6.07, 6.45) is 2.52. The van der Waals surface area contributed by atoms with Gasteiger partial charge in [0.05, 0.1) is 38.5 Å². The lowest BCUT2D eigenvalue weighted by Gasteiger charge is -2.25. The average Bonchev–Trinajstić information content (AvgIpc) is 3.40. The number of rotatable bonds is 4. The maximum Gasteiger partial charge on any atom is 0.276 e. The molecule has 0 N–H and O–H groups in total. The quantitative estimate of drug-likeness (QED) is 0.707. The molecule has 12 heteroatoms. The summed E-state index contributed by atoms with van der Waals surface area (Å²) < 4.78 is 36.1. The first-order valence-corrected chi connectivity index (χ1v) is 9.28. The fraction of sp³-hybridized carbons (Fsp3) is 0.588. The summed E-state index contributed by atoms with van der Waals surface area (Å²) in [5.74, 6) is -3.84. The summed E-state index contributed by atoms with van der Waals surface area (Å²) in [6.45, 7) is 1.18. The second-order valence-corrected chi connectivity index (χ2v) is 7.25. The van der Waals surface area contributed by atoms with Crippen molar-refractivity contribution >= 4 is 11.8 Å². The van der Waals surface area contributed by atoms with Gasteiger partial charge in [-0.25, -0.2) is 13.5 Å². The van der Waals surface area contributed by atoms with E-state index in [1.807, 2.05) is 0 Å². The van der Waals surface area contributed by atoms with Crippen molar-refractivity contribution in [2.24, 2.45) is 7.05 Å². The van der Waals surface area contributed by atoms with Crippen LogP contribution >= 0.6 is 0 Å². The highest BCUT2D eigenvalue weighted by Gasteiger charge is 2.47. The lowest BCUT2D eigenvalue weighted by atomic mass is 10.2. The van der Waals surface area contributed by atoms with Crippen molar-refractivity contribution in [3.8, 4) is 0 Å². The highest BCUT2D eigenvalue weighted by Crippen LogP contribution is 2.33. The molecule has 156 valence electrons. The number of carbonyl (C=O) groups is 2. The van der Waals surface area contributed by atoms with Crippen LogP contribution in [-0.2, 0) is 18.3 Å². The fourth-order valence-electron chi connectivity index (χ4n) is 3.60. The van der Waals surface area contributed by atoms with Gasteiger partial charge >= 0.3 is 0 Å². The summed E-state index contributed by atoms with van der Waals surface area (Å²) in [7, 11) is 1.65. The Balaban J connectivity index is 1.47. The normalized spacial score (nSPS) is 21.6. The Morgan fingerprint density at radius 1 is 1.24 bits per heavy atom. The molecule has 2 saturated heterocycles. The topological polar surface area (TPSA) is 98.4 Å². The number of hydrogen-bond acceptors (Lipinski definition) is 6. The molecule has 4 heterocycles. The molecule has 0 bridgehead atoms. The van der Waals surface area contributed by atoms with Crippen LogP contribution in [0.3, 0.4) is 0 Å². The molecule has 2 amide bonds. The first-order chi connectivity index (χ1) is 13.8. The molecule has 2 aromatic rings. The molecule has 10 nitrogen and oxygen atoms in total. The van der Waals surface area contributed by atoms with Gasteiger partial charge in [-0.1, -0.05) is 5.21 Å². The number of carbonyl (C=O) groups excluding carboxylic acids is 2. The number of nitrogens with zero attached hydrogens (tertiary/aromatic N) is 7. The molecule has 0 aromatic carbocycles. The van der Waals surface area contributed by atoms with Crippen molar-refractivity contribution in [2.75, 3.05) is 32.8 Å². The zero-order chi connectivity index (χ0) is 20.6. The van der Waals surface area contributed by atoms with Crippen LogP contribution in [0.1, 0.15) is 27.4 Å². The minimum Gasteiger partial charge on any atom is -0.378 e. The molecule has 29 heavy (non-hydrogen) atoms. The van der Waals surface area contributed by atoms with Gasteiger partial charge in [0.1, 0.15) is 5.69 Å². The van der Waals surface area contributed by atoms with Gasteiger partial charge in [-0.3, -0.25) is 14.3 Å². The lowest BCUT2D eigenvalue weighted by molar-refractivity contribution is 0.0116. The van der Waals surface area contributed by atoms with E-state index in [2.05, 4.69) is 15.4 Å². The third-order valence-electron chi connectivity index (χ3n) is 5.02. The SMILES string of the molecule is Cn1ccc(C(=O)N2CC(F)(F)C[C@H]2Cn2cc(C(=O)N3CCOCC3)nn2)n1. The van der Waals surface area contributed by atoms with Crippen LogP contribution in [0.25, 0.3) is 0 Å². The van der Waals surface area contributed by atoms with Crippen molar-refractivity contribution in [2.45, 2.75) is 24.9 Å². The first kappa shape index (κ1) is 19.4. The third-order valence-corrected chi connectivity index (χ3v) is 5.02. The highest BCUT2D eigenvalue weighted by molar-refractivity contribution is 5.93. The fourth-order valence-corrected chi connectivity index (χ4v) is 3.60. The smallest absolute Gasteiger partial charge is 0.276 e. The van der Waals surface area contributed by atoms with Crippen molar-refractivity contribution < 1.29 is 23.1 Å². The highest BCUT2D eigenvalue weighted by atomic mass is 19.3. The van der Waals surface area contributed by atoms with Crippen LogP contribution < -0.4 is 0 Å². The van der Waals surface area contributed by atoms with E-state index in [1.54, 1.807) is 18.1 Å². The van der Waals surface area contributed by atoms with Crippen molar-refractivity contribution in [3.05, 3.63) is 29.8 Å². The van der Waals surface area contributed by atoms with Gasteiger partial charge in [-0.2, -0.15) is 5.10 Å². The van der Waals surface area contributed by atoms with Crippen molar-refractivity contribution in [1.82, 2.24) is 34.6 Å². The second-order valence-electron chi connectivity index (χ2n) is 7.25. The molecule has 0 aliphatic carbocycles. The van der Waals surface area contributed by atoms with Gasteiger partial charge in [-0.15, -0.1) is 5.10 Å². The van der Waals surface area contributed by atoms with Gasteiger partial charge in [-0.05, 0) is 6.07 Å². The Hall–Kier alpha value is -2.89. The van der Waals surface area contributed by atoms with Crippen LogP contribution in [0.2, 0.25) is 0 Å². The van der Waals surface area contributed by atoms with Crippen LogP contribution in [-0.4, -0.2) is 91.2 Å². The van der Waals surface area contributed by atoms with Gasteiger partial charge in [0.2, 0.25) is 0 Å². The first-order valence-electron chi connectivity index (χ1n) is 9.28. The lowest BCUT2D eigenvalue weighted by Crippen LogP contribution is -2.40. The van der Waals surface area contributed by atoms with E-state index in [-0.39, 0.29) is 23.8 Å². The number of halogens is 2. The minimum absolute atomic E-state index is 0.0115. The summed E-state index contributed by atoms with van der Waals surface area (Å²) in [5, 5.41) is 11.8. The number of amides is 2. The molecule has 0 spiro atoms. The molecule has 2 aliphatic rings. The summed E-state index contributed by atoms with van der Waals surface area (Å²) >= 11 is 0. The molecule has 0 unspecified atom stereocenters. The number of likely N-dealkylation sites (tertiary alicyclic amines) is 1. The Morgan fingerprint density at radius 3 is 2.69 bits per heavy atom. The van der Waals surface area contributed by atoms with Gasteiger partial charge in [0.15, 0.2) is 5.69 Å². The zero-order valence-electron chi connectivity index (χ0n) is 15.9. The largest absolute Gasteiger partial charge is 0.378 e. The van der Waals surface area contributed by atoms with E-state index in [4.69, 9.17) is 4.74 Å². The number of ether oxygens (including phenoxy) is 1. The maximum absolute atomic E-state index is 14.1. The zero-order valence-corrected chi connectivity index (χ0v) is 15.9. The molecule has 4 rings (SSSR count). The van der Waals surface area contributed by atoms with Crippen LogP contribution in [0.15, 0.2) is 18.5 Å². The minimum atomic E-state index is -3.00. The Morgan fingerprint density at radius 2 is 2.00 bits per heavy atom. The van der Waals surface area contributed by atoms with Crippen molar-refractivity contribution in [3.63, 3.8) is 0 Å². The van der Waals surface area contributed by atoms with E-state index >= 15 is 0 Å². The number of aryl methyl sites for hydroxylation is 1. The van der Waals surface area contributed by atoms with E-state index in [9.17, 15) is 18.4 Å². The predicted octanol–water partition coefficient (Wildman–Crippen LogP) is 0.0340. The maximum atomic E-state index is 14.1. The van der Waals surface area contributed by atoms with E-state index in [1.165, 1.54) is 21.6 Å². The Bertz CT molecular complexity index is 906. The second kappa shape index (κ2) is 7.50. The van der Waals surface area contributed by atoms with E-state index in [0.29, 0.717) is 26.3 Å². The van der Waals surface area contributed by atoms with E-state index in [0.717, 1.165) is 4.90 Å². The number of morpholine rings is 1. The number of alkyl halides is 2. The Labute approximate surface area is 165 Å². The van der Waals surface area contributed by atoms with Gasteiger partial charge in [0, 0.05) is 32.8 Å². The predicted molar refractivity (Wildman–Crippen MR) is 94.3 cm³/mol. The van der Waals surface area contributed by atoms with Crippen molar-refractivity contribution in [1.29, 1.82) is 0 Å². The molecule has 1 atom stereocenters. The molecule has 2 fully saturated rings. The molecular formula is C17H21F2N7O3. The summed E-state index contributed by atoms with van der Waals surface area (Å²) in [5.41, 5.74) is 0.247. The monoisotopic (exact) mass is 409 g/mol. The molecule has 0 saturated carbocycles. The Kier molecular flexibility index (Phi) is 5.03. The number of hydrogen-bond donors (Lipinski definition) is 0. The molecule has 2 aromatic heterocycles. The van der Waals surface area contributed by atoms with Crippen LogP contribution in [0.4, 0.5) is 8.78 Å². The molecular weight excluding hydrogens is 388 g/mol.